The second-order valence-corrected chi connectivity index (χ2v) is 8.32. The summed E-state index contributed by atoms with van der Waals surface area (Å²) in [5, 5.41) is 17.6. The van der Waals surface area contributed by atoms with E-state index in [1.165, 1.54) is 17.3 Å². The molecule has 6 N–H and O–H groups in total. The van der Waals surface area contributed by atoms with Gasteiger partial charge in [-0.1, -0.05) is 29.8 Å². The largest absolute Gasteiger partial charge is 0.330 e. The van der Waals surface area contributed by atoms with E-state index in [9.17, 15) is 10.1 Å². The number of guanidine groups is 1. The molecule has 1 fully saturated rings. The standard InChI is InChI=1S/C21H32N6O2/c1-15-3-2-4-16(11-15)9-10-24-20-25-14-19(27(28)29)21(23,26-20)12-17-5-7-18(13-22)8-6-17/h2-4,11,14,17-18H,5-10,12-13,22-23H2,1H3,(H2,24,25,26). The number of hydrogen-bond donors (Lipinski definition) is 4. The number of aryl methyl sites for hydroxylation is 1. The van der Waals surface area contributed by atoms with Crippen molar-refractivity contribution in [3.05, 3.63) is 57.4 Å². The Morgan fingerprint density at radius 3 is 2.66 bits per heavy atom. The van der Waals surface area contributed by atoms with E-state index in [-0.39, 0.29) is 5.70 Å². The highest BCUT2D eigenvalue weighted by Gasteiger charge is 2.44. The maximum atomic E-state index is 11.6. The minimum atomic E-state index is -1.23. The molecule has 1 saturated carbocycles. The fraction of sp³-hybridized carbons (Fsp3) is 0.571. The number of nitrogens with one attached hydrogen (secondary N) is 2. The molecular weight excluding hydrogens is 368 g/mol. The van der Waals surface area contributed by atoms with Crippen molar-refractivity contribution >= 4 is 5.96 Å². The van der Waals surface area contributed by atoms with Crippen molar-refractivity contribution in [3.63, 3.8) is 0 Å². The summed E-state index contributed by atoms with van der Waals surface area (Å²) in [6, 6.07) is 8.31. The van der Waals surface area contributed by atoms with Gasteiger partial charge in [0, 0.05) is 6.54 Å². The lowest BCUT2D eigenvalue weighted by molar-refractivity contribution is -0.437. The molecule has 0 bridgehead atoms. The van der Waals surface area contributed by atoms with Gasteiger partial charge in [0.05, 0.1) is 11.1 Å². The van der Waals surface area contributed by atoms with Gasteiger partial charge >= 0.3 is 5.70 Å². The second kappa shape index (κ2) is 9.37. The monoisotopic (exact) mass is 400 g/mol. The Hall–Kier alpha value is -2.45. The van der Waals surface area contributed by atoms with E-state index < -0.39 is 10.6 Å². The van der Waals surface area contributed by atoms with Crippen LogP contribution in [0.1, 0.15) is 43.2 Å². The number of nitrogens with zero attached hydrogens (tertiary/aromatic N) is 2. The van der Waals surface area contributed by atoms with Crippen molar-refractivity contribution in [3.8, 4) is 0 Å². The van der Waals surface area contributed by atoms with Crippen molar-refractivity contribution in [1.29, 1.82) is 0 Å². The van der Waals surface area contributed by atoms with Gasteiger partial charge in [-0.3, -0.25) is 20.8 Å². The van der Waals surface area contributed by atoms with Crippen molar-refractivity contribution in [2.45, 2.75) is 51.1 Å². The van der Waals surface area contributed by atoms with Crippen LogP contribution in [0.5, 0.6) is 0 Å². The quantitative estimate of drug-likeness (QED) is 0.409. The first-order chi connectivity index (χ1) is 13.9. The fourth-order valence-corrected chi connectivity index (χ4v) is 4.32. The lowest BCUT2D eigenvalue weighted by atomic mass is 9.77. The lowest BCUT2D eigenvalue weighted by Crippen LogP contribution is -2.64. The molecule has 1 heterocycles. The average molecular weight is 401 g/mol. The topological polar surface area (TPSA) is 132 Å². The number of aliphatic imine (C=N–C) groups is 1. The van der Waals surface area contributed by atoms with Crippen LogP contribution in [0.15, 0.2) is 41.2 Å². The van der Waals surface area contributed by atoms with Gasteiger partial charge in [-0.15, -0.1) is 0 Å². The van der Waals surface area contributed by atoms with Crippen LogP contribution in [0.2, 0.25) is 0 Å². The third-order valence-electron chi connectivity index (χ3n) is 6.00. The Morgan fingerprint density at radius 2 is 2.00 bits per heavy atom. The Labute approximate surface area is 172 Å². The number of benzene rings is 1. The van der Waals surface area contributed by atoms with E-state index >= 15 is 0 Å². The Morgan fingerprint density at radius 1 is 1.28 bits per heavy atom. The van der Waals surface area contributed by atoms with Gasteiger partial charge in [0.1, 0.15) is 0 Å². The first-order valence-electron chi connectivity index (χ1n) is 10.4. The normalized spacial score (nSPS) is 28.4. The Balaban J connectivity index is 1.65. The Kier molecular flexibility index (Phi) is 6.87. The molecule has 0 aromatic heterocycles. The highest BCUT2D eigenvalue weighted by molar-refractivity contribution is 5.83. The van der Waals surface area contributed by atoms with Gasteiger partial charge in [0.25, 0.3) is 0 Å². The smallest absolute Gasteiger partial charge is 0.301 e. The van der Waals surface area contributed by atoms with Gasteiger partial charge in [-0.25, -0.2) is 0 Å². The van der Waals surface area contributed by atoms with Crippen LogP contribution < -0.4 is 22.1 Å². The van der Waals surface area contributed by atoms with E-state index in [4.69, 9.17) is 11.5 Å². The summed E-state index contributed by atoms with van der Waals surface area (Å²) < 4.78 is 0. The van der Waals surface area contributed by atoms with Crippen molar-refractivity contribution in [1.82, 2.24) is 10.6 Å². The Bertz CT molecular complexity index is 785. The van der Waals surface area contributed by atoms with E-state index in [0.717, 1.165) is 32.1 Å². The van der Waals surface area contributed by atoms with Gasteiger partial charge in [-0.05, 0) is 69.4 Å². The molecule has 3 rings (SSSR count). The predicted molar refractivity (Wildman–Crippen MR) is 115 cm³/mol. The molecule has 0 spiro atoms. The molecule has 8 heteroatoms. The molecule has 1 aromatic rings. The summed E-state index contributed by atoms with van der Waals surface area (Å²) in [6.45, 7) is 3.34. The van der Waals surface area contributed by atoms with Gasteiger partial charge in [0.2, 0.25) is 0 Å². The molecule has 8 nitrogen and oxygen atoms in total. The summed E-state index contributed by atoms with van der Waals surface area (Å²) in [7, 11) is 0. The fourth-order valence-electron chi connectivity index (χ4n) is 4.32. The third-order valence-corrected chi connectivity index (χ3v) is 6.00. The summed E-state index contributed by atoms with van der Waals surface area (Å²) in [5.41, 5.74) is 13.5. The van der Waals surface area contributed by atoms with Crippen LogP contribution in [0, 0.1) is 28.9 Å². The molecule has 0 amide bonds. The van der Waals surface area contributed by atoms with Crippen LogP contribution in [0.25, 0.3) is 0 Å². The summed E-state index contributed by atoms with van der Waals surface area (Å²) >= 11 is 0. The van der Waals surface area contributed by atoms with Crippen molar-refractivity contribution in [2.24, 2.45) is 28.3 Å². The van der Waals surface area contributed by atoms with Crippen LogP contribution in [0.4, 0.5) is 0 Å². The molecular formula is C21H32N6O2. The van der Waals surface area contributed by atoms with Gasteiger partial charge in [-0.2, -0.15) is 0 Å². The van der Waals surface area contributed by atoms with Crippen LogP contribution in [-0.2, 0) is 6.42 Å². The summed E-state index contributed by atoms with van der Waals surface area (Å²) in [5.74, 6) is 1.39. The second-order valence-electron chi connectivity index (χ2n) is 8.32. The van der Waals surface area contributed by atoms with Crippen LogP contribution in [-0.4, -0.2) is 29.6 Å². The first kappa shape index (κ1) is 21.3. The van der Waals surface area contributed by atoms with Gasteiger partial charge in [0.15, 0.2) is 11.6 Å². The predicted octanol–water partition coefficient (Wildman–Crippen LogP) is 2.01. The molecule has 1 aliphatic heterocycles. The zero-order chi connectivity index (χ0) is 20.9. The zero-order valence-corrected chi connectivity index (χ0v) is 17.1. The number of nitro groups is 1. The molecule has 1 atom stereocenters. The average Bonchev–Trinajstić information content (AvgIpc) is 2.68. The van der Waals surface area contributed by atoms with E-state index in [1.54, 1.807) is 0 Å². The number of rotatable bonds is 7. The third kappa shape index (κ3) is 5.55. The lowest BCUT2D eigenvalue weighted by Gasteiger charge is -2.37. The maximum Gasteiger partial charge on any atom is 0.301 e. The van der Waals surface area contributed by atoms with Gasteiger partial charge < -0.3 is 16.4 Å². The molecule has 0 saturated heterocycles. The molecule has 2 aliphatic rings. The summed E-state index contributed by atoms with van der Waals surface area (Å²) in [6.07, 6.45) is 6.81. The number of hydrogen-bond acceptors (Lipinski definition) is 5. The van der Waals surface area contributed by atoms with Crippen LogP contribution in [0.3, 0.4) is 0 Å². The highest BCUT2D eigenvalue weighted by Crippen LogP contribution is 2.34. The molecule has 0 radical (unpaired) electrons. The van der Waals surface area contributed by atoms with E-state index in [2.05, 4.69) is 40.7 Å². The maximum absolute atomic E-state index is 11.6. The van der Waals surface area contributed by atoms with E-state index in [1.807, 2.05) is 6.07 Å². The molecule has 1 aliphatic carbocycles. The molecule has 29 heavy (non-hydrogen) atoms. The molecule has 1 unspecified atom stereocenters. The minimum absolute atomic E-state index is 0.0453. The zero-order valence-electron chi connectivity index (χ0n) is 17.1. The molecule has 158 valence electrons. The minimum Gasteiger partial charge on any atom is -0.330 e. The van der Waals surface area contributed by atoms with Crippen molar-refractivity contribution < 1.29 is 4.92 Å². The molecule has 1 aromatic carbocycles. The number of nitrogens with two attached hydrogens (primary N) is 2. The van der Waals surface area contributed by atoms with Crippen molar-refractivity contribution in [2.75, 3.05) is 13.1 Å². The summed E-state index contributed by atoms with van der Waals surface area (Å²) in [4.78, 5) is 15.7. The van der Waals surface area contributed by atoms with E-state index in [0.29, 0.717) is 37.3 Å². The first-order valence-corrected chi connectivity index (χ1v) is 10.4. The SMILES string of the molecule is Cc1cccc(CCN=C2NC=C([N+](=O)[O-])C(N)(CC3CCC(CN)CC3)N2)c1. The highest BCUT2D eigenvalue weighted by atomic mass is 16.6. The van der Waals surface area contributed by atoms with Crippen LogP contribution >= 0.6 is 0 Å².